The van der Waals surface area contributed by atoms with E-state index in [2.05, 4.69) is 70.9 Å². The number of para-hydroxylation sites is 1. The summed E-state index contributed by atoms with van der Waals surface area (Å²) in [6, 6.07) is 34.7. The molecule has 4 aromatic heterocycles. The standard InChI is InChI=1S/C19H17N2.C17H11N2O.Ir/c1-13(2)16-11-15-9-6-10-17-18(15)21(12-16)19(20-17)14-7-4-3-5-8-14;1-11-8-9-13-12-5-4-6-14(15-7-2-3-10-18-15)16(12)20-17(13)19-11;/h3-7,9-11,13H,12H2,1-2H3;2-5,7-10H,1H3;/q2*-1;. The van der Waals surface area contributed by atoms with Crippen molar-refractivity contribution in [2.45, 2.75) is 27.3 Å². The molecule has 5 nitrogen and oxygen atoms in total. The van der Waals surface area contributed by atoms with Crippen molar-refractivity contribution in [2.75, 3.05) is 0 Å². The Balaban J connectivity index is 0.000000147. The first-order valence-corrected chi connectivity index (χ1v) is 13.9. The Morgan fingerprint density at radius 1 is 0.857 bits per heavy atom. The van der Waals surface area contributed by atoms with Crippen LogP contribution in [0.15, 0.2) is 101 Å². The summed E-state index contributed by atoms with van der Waals surface area (Å²) in [6.45, 7) is 7.38. The fourth-order valence-corrected chi connectivity index (χ4v) is 5.41. The monoisotopic (exact) mass is 725 g/mol. The number of hydrogen-bond acceptors (Lipinski definition) is 4. The van der Waals surface area contributed by atoms with Crippen LogP contribution in [0.2, 0.25) is 0 Å². The maximum absolute atomic E-state index is 5.94. The van der Waals surface area contributed by atoms with Gasteiger partial charge in [0.25, 0.3) is 0 Å². The molecule has 1 aliphatic rings. The molecule has 0 amide bonds. The number of aryl methyl sites for hydroxylation is 1. The minimum absolute atomic E-state index is 0. The van der Waals surface area contributed by atoms with E-state index in [0.717, 1.165) is 56.8 Å². The average molecular weight is 725 g/mol. The van der Waals surface area contributed by atoms with Crippen LogP contribution in [0.5, 0.6) is 0 Å². The van der Waals surface area contributed by atoms with Crippen molar-refractivity contribution >= 4 is 39.2 Å². The smallest absolute Gasteiger partial charge is 0.216 e. The fourth-order valence-electron chi connectivity index (χ4n) is 5.41. The van der Waals surface area contributed by atoms with Crippen LogP contribution in [-0.4, -0.2) is 19.5 Å². The molecular formula is C36H28IrN4O-2. The third-order valence-electron chi connectivity index (χ3n) is 7.53. The Bertz CT molecular complexity index is 2060. The van der Waals surface area contributed by atoms with Crippen LogP contribution in [0.1, 0.15) is 25.1 Å². The Morgan fingerprint density at radius 2 is 1.74 bits per heavy atom. The second-order valence-electron chi connectivity index (χ2n) is 10.6. The topological polar surface area (TPSA) is 56.7 Å². The number of imidazole rings is 1. The van der Waals surface area contributed by atoms with E-state index in [1.54, 1.807) is 6.20 Å². The Kier molecular flexibility index (Phi) is 7.59. The molecule has 0 saturated heterocycles. The van der Waals surface area contributed by atoms with Gasteiger partial charge in [-0.1, -0.05) is 55.1 Å². The number of allylic oxidation sites excluding steroid dienone is 1. The van der Waals surface area contributed by atoms with Crippen LogP contribution in [0.3, 0.4) is 0 Å². The zero-order valence-corrected chi connectivity index (χ0v) is 25.9. The second-order valence-corrected chi connectivity index (χ2v) is 10.6. The molecule has 1 aliphatic heterocycles. The Hall–Kier alpha value is -4.38. The molecule has 7 aromatic rings. The SMILES string of the molecule is CC(C)C1=Cc2cccc3nc(-c4[c-]cccc4)n(c23)C1.Cc1ccc2c(n1)oc1c(-c3ccccn3)[c-]ccc12.[Ir]. The van der Waals surface area contributed by atoms with E-state index >= 15 is 0 Å². The largest absolute Gasteiger partial charge is 0.486 e. The summed E-state index contributed by atoms with van der Waals surface area (Å²) >= 11 is 0. The van der Waals surface area contributed by atoms with E-state index in [1.165, 1.54) is 16.7 Å². The summed E-state index contributed by atoms with van der Waals surface area (Å²) in [7, 11) is 0. The van der Waals surface area contributed by atoms with Crippen molar-refractivity contribution in [3.05, 3.63) is 120 Å². The predicted molar refractivity (Wildman–Crippen MR) is 165 cm³/mol. The molecule has 5 heterocycles. The minimum atomic E-state index is 0. The molecule has 0 spiro atoms. The molecule has 0 saturated carbocycles. The van der Waals surface area contributed by atoms with Crippen LogP contribution in [0.4, 0.5) is 0 Å². The van der Waals surface area contributed by atoms with E-state index in [0.29, 0.717) is 11.6 Å². The number of rotatable bonds is 3. The molecule has 0 atom stereocenters. The van der Waals surface area contributed by atoms with Gasteiger partial charge in [0.05, 0.1) is 22.4 Å². The van der Waals surface area contributed by atoms with Gasteiger partial charge >= 0.3 is 0 Å². The van der Waals surface area contributed by atoms with Gasteiger partial charge in [0, 0.05) is 43.9 Å². The normalized spacial score (nSPS) is 12.2. The molecule has 3 aromatic carbocycles. The number of aromatic nitrogens is 4. The van der Waals surface area contributed by atoms with Gasteiger partial charge < -0.3 is 14.0 Å². The van der Waals surface area contributed by atoms with E-state index < -0.39 is 0 Å². The van der Waals surface area contributed by atoms with Crippen LogP contribution in [0.25, 0.3) is 61.8 Å². The molecule has 0 N–H and O–H groups in total. The van der Waals surface area contributed by atoms with Crippen molar-refractivity contribution < 1.29 is 24.5 Å². The third-order valence-corrected chi connectivity index (χ3v) is 7.53. The van der Waals surface area contributed by atoms with Crippen LogP contribution >= 0.6 is 0 Å². The molecule has 0 bridgehead atoms. The van der Waals surface area contributed by atoms with Gasteiger partial charge in [0.1, 0.15) is 0 Å². The number of hydrogen-bond donors (Lipinski definition) is 0. The Labute approximate surface area is 258 Å². The van der Waals surface area contributed by atoms with Crippen LogP contribution in [0, 0.1) is 25.0 Å². The summed E-state index contributed by atoms with van der Waals surface area (Å²) in [6.07, 6.45) is 4.10. The molecule has 0 aliphatic carbocycles. The van der Waals surface area contributed by atoms with Crippen LogP contribution in [-0.2, 0) is 26.7 Å². The van der Waals surface area contributed by atoms with Gasteiger partial charge in [-0.25, -0.2) is 4.98 Å². The number of furan rings is 1. The molecular weight excluding hydrogens is 697 g/mol. The van der Waals surface area contributed by atoms with Crippen molar-refractivity contribution in [1.82, 2.24) is 19.5 Å². The number of fused-ring (bicyclic) bond motifs is 3. The summed E-state index contributed by atoms with van der Waals surface area (Å²) in [4.78, 5) is 13.7. The van der Waals surface area contributed by atoms with Gasteiger partial charge in [-0.3, -0.25) is 4.98 Å². The first-order valence-electron chi connectivity index (χ1n) is 13.9. The van der Waals surface area contributed by atoms with Crippen molar-refractivity contribution in [3.63, 3.8) is 0 Å². The summed E-state index contributed by atoms with van der Waals surface area (Å²) < 4.78 is 8.28. The van der Waals surface area contributed by atoms with Crippen molar-refractivity contribution in [2.24, 2.45) is 5.92 Å². The first-order chi connectivity index (χ1) is 20.1. The molecule has 8 rings (SSSR count). The van der Waals surface area contributed by atoms with Crippen molar-refractivity contribution in [1.29, 1.82) is 0 Å². The van der Waals surface area contributed by atoms with Crippen molar-refractivity contribution in [3.8, 4) is 22.6 Å². The predicted octanol–water partition coefficient (Wildman–Crippen LogP) is 8.71. The first kappa shape index (κ1) is 27.8. The maximum Gasteiger partial charge on any atom is 0.216 e. The second kappa shape index (κ2) is 11.5. The van der Waals surface area contributed by atoms with Gasteiger partial charge in [-0.15, -0.1) is 54.1 Å². The maximum atomic E-state index is 5.94. The number of pyridine rings is 2. The molecule has 1 radical (unpaired) electrons. The summed E-state index contributed by atoms with van der Waals surface area (Å²) in [5, 5.41) is 2.07. The summed E-state index contributed by atoms with van der Waals surface area (Å²) in [5.74, 6) is 1.56. The molecule has 0 fully saturated rings. The fraction of sp³-hybridized carbons (Fsp3) is 0.139. The Morgan fingerprint density at radius 3 is 2.52 bits per heavy atom. The van der Waals surface area contributed by atoms with Crippen LogP contribution < -0.4 is 0 Å². The van der Waals surface area contributed by atoms with E-state index in [1.807, 2.05) is 67.6 Å². The number of benzene rings is 3. The van der Waals surface area contributed by atoms with Gasteiger partial charge in [0.15, 0.2) is 0 Å². The molecule has 42 heavy (non-hydrogen) atoms. The van der Waals surface area contributed by atoms with E-state index in [9.17, 15) is 0 Å². The zero-order valence-electron chi connectivity index (χ0n) is 23.6. The summed E-state index contributed by atoms with van der Waals surface area (Å²) in [5.41, 5.74) is 10.2. The molecule has 0 unspecified atom stereocenters. The molecule has 6 heteroatoms. The molecule has 209 valence electrons. The quantitative estimate of drug-likeness (QED) is 0.171. The third kappa shape index (κ3) is 4.98. The van der Waals surface area contributed by atoms with Gasteiger partial charge in [0.2, 0.25) is 5.71 Å². The van der Waals surface area contributed by atoms with E-state index in [-0.39, 0.29) is 20.1 Å². The average Bonchev–Trinajstić information content (AvgIpc) is 3.57. The van der Waals surface area contributed by atoms with Gasteiger partial charge in [-0.2, -0.15) is 0 Å². The zero-order chi connectivity index (χ0) is 27.9. The minimum Gasteiger partial charge on any atom is -0.486 e. The van der Waals surface area contributed by atoms with Gasteiger partial charge in [-0.05, 0) is 53.9 Å². The number of nitrogens with zero attached hydrogens (tertiary/aromatic N) is 4. The van der Waals surface area contributed by atoms with E-state index in [4.69, 9.17) is 9.40 Å².